The Kier molecular flexibility index (Phi) is 5.87. The smallest absolute Gasteiger partial charge is 0.225 e. The van der Waals surface area contributed by atoms with Gasteiger partial charge >= 0.3 is 0 Å². The lowest BCUT2D eigenvalue weighted by Crippen LogP contribution is -2.36. The van der Waals surface area contributed by atoms with Gasteiger partial charge in [-0.25, -0.2) is 0 Å². The molecule has 1 saturated heterocycles. The third-order valence-corrected chi connectivity index (χ3v) is 6.50. The van der Waals surface area contributed by atoms with Crippen LogP contribution in [0.4, 0.5) is 0 Å². The molecule has 1 aliphatic heterocycles. The summed E-state index contributed by atoms with van der Waals surface area (Å²) in [6.07, 6.45) is 10.6. The molecule has 3 nitrogen and oxygen atoms in total. The third kappa shape index (κ3) is 4.88. The van der Waals surface area contributed by atoms with Gasteiger partial charge in [0, 0.05) is 43.1 Å². The maximum atomic E-state index is 12.1. The molecule has 0 bridgehead atoms. The van der Waals surface area contributed by atoms with Crippen molar-refractivity contribution in [2.24, 2.45) is 5.92 Å². The van der Waals surface area contributed by atoms with Gasteiger partial charge in [-0.1, -0.05) is 19.3 Å². The first-order valence-corrected chi connectivity index (χ1v) is 10.0. The Morgan fingerprint density at radius 1 is 0.905 bits per heavy atom. The van der Waals surface area contributed by atoms with E-state index in [0.29, 0.717) is 11.8 Å². The number of carbonyl (C=O) groups excluding carboxylic acids is 1. The van der Waals surface area contributed by atoms with Crippen LogP contribution in [0, 0.1) is 5.92 Å². The molecule has 3 aliphatic rings. The van der Waals surface area contributed by atoms with Gasteiger partial charge in [-0.15, -0.1) is 0 Å². The van der Waals surface area contributed by atoms with Crippen LogP contribution >= 0.6 is 11.8 Å². The van der Waals surface area contributed by atoms with Gasteiger partial charge in [0.2, 0.25) is 5.91 Å². The number of rotatable bonds is 5. The molecule has 4 heteroatoms. The Morgan fingerprint density at radius 2 is 1.71 bits per heavy atom. The van der Waals surface area contributed by atoms with Crippen LogP contribution in [0.1, 0.15) is 51.4 Å². The van der Waals surface area contributed by atoms with Gasteiger partial charge in [-0.2, -0.15) is 11.8 Å². The normalized spacial score (nSPS) is 25.8. The Balaban J connectivity index is 1.33. The second-order valence-corrected chi connectivity index (χ2v) is 8.33. The summed E-state index contributed by atoms with van der Waals surface area (Å²) in [6, 6.07) is 0. The number of hydrogen-bond acceptors (Lipinski definition) is 3. The van der Waals surface area contributed by atoms with Gasteiger partial charge in [0.25, 0.3) is 0 Å². The Labute approximate surface area is 133 Å². The van der Waals surface area contributed by atoms with Crippen LogP contribution in [0.25, 0.3) is 0 Å². The highest BCUT2D eigenvalue weighted by Crippen LogP contribution is 2.31. The molecule has 0 radical (unpaired) electrons. The standard InChI is InChI=1S/C17H30N2OS/c20-17(15-7-8-15)19-10-4-9-18(11-12-19)13-14-21-16-5-2-1-3-6-16/h15-16H,1-14H2. The van der Waals surface area contributed by atoms with E-state index in [9.17, 15) is 4.79 Å². The highest BCUT2D eigenvalue weighted by atomic mass is 32.2. The van der Waals surface area contributed by atoms with Crippen molar-refractivity contribution in [1.29, 1.82) is 0 Å². The van der Waals surface area contributed by atoms with E-state index in [-0.39, 0.29) is 0 Å². The lowest BCUT2D eigenvalue weighted by atomic mass is 10.0. The fraction of sp³-hybridized carbons (Fsp3) is 0.941. The Morgan fingerprint density at radius 3 is 2.48 bits per heavy atom. The van der Waals surface area contributed by atoms with Gasteiger partial charge in [0.15, 0.2) is 0 Å². The summed E-state index contributed by atoms with van der Waals surface area (Å²) in [6.45, 7) is 5.43. The predicted molar refractivity (Wildman–Crippen MR) is 89.7 cm³/mol. The summed E-state index contributed by atoms with van der Waals surface area (Å²) in [5.74, 6) is 2.10. The highest BCUT2D eigenvalue weighted by molar-refractivity contribution is 7.99. The summed E-state index contributed by atoms with van der Waals surface area (Å²) in [4.78, 5) is 16.9. The molecule has 120 valence electrons. The van der Waals surface area contributed by atoms with E-state index in [2.05, 4.69) is 21.6 Å². The lowest BCUT2D eigenvalue weighted by Gasteiger charge is -2.24. The molecule has 0 atom stereocenters. The first-order chi connectivity index (χ1) is 10.3. The molecule has 0 aromatic heterocycles. The summed E-state index contributed by atoms with van der Waals surface area (Å²) in [5.41, 5.74) is 0. The second kappa shape index (κ2) is 7.87. The van der Waals surface area contributed by atoms with E-state index in [0.717, 1.165) is 44.1 Å². The summed E-state index contributed by atoms with van der Waals surface area (Å²) >= 11 is 2.20. The van der Waals surface area contributed by atoms with Crippen molar-refractivity contribution in [3.63, 3.8) is 0 Å². The van der Waals surface area contributed by atoms with Crippen molar-refractivity contribution in [2.75, 3.05) is 38.5 Å². The lowest BCUT2D eigenvalue weighted by molar-refractivity contribution is -0.132. The molecule has 1 amide bonds. The van der Waals surface area contributed by atoms with E-state index in [4.69, 9.17) is 0 Å². The summed E-state index contributed by atoms with van der Waals surface area (Å²) in [5, 5.41) is 0.929. The molecule has 0 unspecified atom stereocenters. The molecule has 2 aliphatic carbocycles. The van der Waals surface area contributed by atoms with Crippen LogP contribution < -0.4 is 0 Å². The van der Waals surface area contributed by atoms with Crippen LogP contribution in [0.2, 0.25) is 0 Å². The van der Waals surface area contributed by atoms with Crippen molar-refractivity contribution in [3.8, 4) is 0 Å². The fourth-order valence-electron chi connectivity index (χ4n) is 3.58. The maximum Gasteiger partial charge on any atom is 0.225 e. The molecular formula is C17H30N2OS. The molecule has 0 N–H and O–H groups in total. The molecule has 0 aromatic carbocycles. The highest BCUT2D eigenvalue weighted by Gasteiger charge is 2.33. The van der Waals surface area contributed by atoms with Crippen molar-refractivity contribution >= 4 is 17.7 Å². The first-order valence-electron chi connectivity index (χ1n) is 8.95. The molecular weight excluding hydrogens is 280 g/mol. The monoisotopic (exact) mass is 310 g/mol. The molecule has 3 fully saturated rings. The quantitative estimate of drug-likeness (QED) is 0.780. The van der Waals surface area contributed by atoms with Gasteiger partial charge in [0.05, 0.1) is 0 Å². The molecule has 2 saturated carbocycles. The zero-order valence-corrected chi connectivity index (χ0v) is 14.1. The largest absolute Gasteiger partial charge is 0.341 e. The minimum atomic E-state index is 0.387. The van der Waals surface area contributed by atoms with E-state index in [1.54, 1.807) is 0 Å². The number of thioether (sulfide) groups is 1. The predicted octanol–water partition coefficient (Wildman–Crippen LogP) is 3.00. The number of hydrogen-bond donors (Lipinski definition) is 0. The van der Waals surface area contributed by atoms with Crippen LogP contribution in [0.5, 0.6) is 0 Å². The van der Waals surface area contributed by atoms with E-state index >= 15 is 0 Å². The van der Waals surface area contributed by atoms with Crippen molar-refractivity contribution in [2.45, 2.75) is 56.6 Å². The molecule has 1 heterocycles. The van der Waals surface area contributed by atoms with Crippen molar-refractivity contribution in [1.82, 2.24) is 9.80 Å². The van der Waals surface area contributed by atoms with E-state index < -0.39 is 0 Å². The average molecular weight is 311 g/mol. The third-order valence-electron chi connectivity index (χ3n) is 5.14. The minimum absolute atomic E-state index is 0.387. The van der Waals surface area contributed by atoms with E-state index in [1.807, 2.05) is 0 Å². The van der Waals surface area contributed by atoms with Crippen LogP contribution in [-0.4, -0.2) is 59.4 Å². The van der Waals surface area contributed by atoms with Gasteiger partial charge < -0.3 is 9.80 Å². The maximum absolute atomic E-state index is 12.1. The number of nitrogens with zero attached hydrogens (tertiary/aromatic N) is 2. The van der Waals surface area contributed by atoms with Gasteiger partial charge in [-0.3, -0.25) is 4.79 Å². The molecule has 0 spiro atoms. The van der Waals surface area contributed by atoms with Crippen molar-refractivity contribution < 1.29 is 4.79 Å². The van der Waals surface area contributed by atoms with Crippen LogP contribution in [-0.2, 0) is 4.79 Å². The molecule has 0 aromatic rings. The summed E-state index contributed by atoms with van der Waals surface area (Å²) in [7, 11) is 0. The average Bonchev–Trinajstić information content (AvgIpc) is 3.35. The van der Waals surface area contributed by atoms with Crippen LogP contribution in [0.15, 0.2) is 0 Å². The fourth-order valence-corrected chi connectivity index (χ4v) is 4.95. The van der Waals surface area contributed by atoms with Crippen molar-refractivity contribution in [3.05, 3.63) is 0 Å². The Hall–Kier alpha value is -0.220. The molecule has 3 rings (SSSR count). The topological polar surface area (TPSA) is 23.6 Å². The zero-order valence-electron chi connectivity index (χ0n) is 13.3. The number of amides is 1. The van der Waals surface area contributed by atoms with E-state index in [1.165, 1.54) is 50.9 Å². The minimum Gasteiger partial charge on any atom is -0.341 e. The molecule has 21 heavy (non-hydrogen) atoms. The summed E-state index contributed by atoms with van der Waals surface area (Å²) < 4.78 is 0. The first kappa shape index (κ1) is 15.7. The second-order valence-electron chi connectivity index (χ2n) is 6.93. The zero-order chi connectivity index (χ0) is 14.5. The van der Waals surface area contributed by atoms with Gasteiger partial charge in [0.1, 0.15) is 0 Å². The van der Waals surface area contributed by atoms with Crippen LogP contribution in [0.3, 0.4) is 0 Å². The Bertz CT molecular complexity index is 340. The number of carbonyl (C=O) groups is 1. The van der Waals surface area contributed by atoms with Gasteiger partial charge in [-0.05, 0) is 38.6 Å². The SMILES string of the molecule is O=C(C1CC1)N1CCCN(CCSC2CCCCC2)CC1.